The monoisotopic (exact) mass is 275 g/mol. The highest BCUT2D eigenvalue weighted by Gasteiger charge is 2.22. The van der Waals surface area contributed by atoms with E-state index < -0.39 is 0 Å². The van der Waals surface area contributed by atoms with E-state index in [1.807, 2.05) is 6.07 Å². The van der Waals surface area contributed by atoms with E-state index >= 15 is 0 Å². The van der Waals surface area contributed by atoms with Gasteiger partial charge in [0, 0.05) is 6.04 Å². The average Bonchev–Trinajstić information content (AvgIpc) is 3.26. The van der Waals surface area contributed by atoms with Crippen LogP contribution >= 0.6 is 0 Å². The largest absolute Gasteiger partial charge is 0.496 e. The maximum atomic E-state index is 5.49. The van der Waals surface area contributed by atoms with Crippen molar-refractivity contribution in [3.63, 3.8) is 0 Å². The molecule has 0 heterocycles. The average molecular weight is 275 g/mol. The van der Waals surface area contributed by atoms with Gasteiger partial charge in [-0.15, -0.1) is 0 Å². The molecule has 1 aromatic carbocycles. The molecule has 1 fully saturated rings. The van der Waals surface area contributed by atoms with Crippen molar-refractivity contribution in [3.8, 4) is 5.75 Å². The second kappa shape index (κ2) is 7.68. The molecule has 0 bridgehead atoms. The lowest BCUT2D eigenvalue weighted by Gasteiger charge is -2.20. The molecule has 0 spiro atoms. The maximum absolute atomic E-state index is 5.49. The number of para-hydroxylation sites is 1. The van der Waals surface area contributed by atoms with Crippen molar-refractivity contribution in [2.24, 2.45) is 11.8 Å². The first-order valence-electron chi connectivity index (χ1n) is 8.04. The fraction of sp³-hybridized carbons (Fsp3) is 0.667. The number of rotatable bonds is 9. The summed E-state index contributed by atoms with van der Waals surface area (Å²) in [5, 5.41) is 3.70. The van der Waals surface area contributed by atoms with Crippen LogP contribution in [0.2, 0.25) is 0 Å². The number of methoxy groups -OCH3 is 1. The summed E-state index contributed by atoms with van der Waals surface area (Å²) >= 11 is 0. The molecule has 1 saturated carbocycles. The number of nitrogens with one attached hydrogen (secondary N) is 1. The summed E-state index contributed by atoms with van der Waals surface area (Å²) in [5.74, 6) is 2.54. The van der Waals surface area contributed by atoms with Crippen LogP contribution in [0.5, 0.6) is 5.75 Å². The van der Waals surface area contributed by atoms with Crippen LogP contribution in [0.3, 0.4) is 0 Å². The van der Waals surface area contributed by atoms with Gasteiger partial charge in [0.25, 0.3) is 0 Å². The summed E-state index contributed by atoms with van der Waals surface area (Å²) in [5.41, 5.74) is 1.35. The Hall–Kier alpha value is -1.02. The van der Waals surface area contributed by atoms with Gasteiger partial charge in [-0.05, 0) is 55.7 Å². The maximum Gasteiger partial charge on any atom is 0.122 e. The molecule has 2 rings (SSSR count). The molecule has 1 atom stereocenters. The number of hydrogen-bond donors (Lipinski definition) is 1. The van der Waals surface area contributed by atoms with E-state index in [0.717, 1.165) is 30.7 Å². The van der Waals surface area contributed by atoms with Crippen molar-refractivity contribution >= 4 is 0 Å². The number of hydrogen-bond acceptors (Lipinski definition) is 2. The van der Waals surface area contributed by atoms with E-state index in [1.165, 1.54) is 31.2 Å². The standard InChI is InChI=1S/C18H29NO/c1-14(2)8-9-15(13-19-17-10-11-17)12-16-6-4-5-7-18(16)20-3/h4-7,14-15,17,19H,8-13H2,1-3H3. The van der Waals surface area contributed by atoms with Crippen LogP contribution in [-0.2, 0) is 6.42 Å². The van der Waals surface area contributed by atoms with E-state index in [9.17, 15) is 0 Å². The Morgan fingerprint density at radius 3 is 2.60 bits per heavy atom. The van der Waals surface area contributed by atoms with E-state index in [-0.39, 0.29) is 0 Å². The quantitative estimate of drug-likeness (QED) is 0.734. The second-order valence-corrected chi connectivity index (χ2v) is 6.54. The van der Waals surface area contributed by atoms with Crippen LogP contribution in [0.15, 0.2) is 24.3 Å². The third-order valence-corrected chi connectivity index (χ3v) is 4.13. The summed E-state index contributed by atoms with van der Waals surface area (Å²) in [4.78, 5) is 0. The van der Waals surface area contributed by atoms with Crippen LogP contribution < -0.4 is 10.1 Å². The minimum Gasteiger partial charge on any atom is -0.496 e. The van der Waals surface area contributed by atoms with Gasteiger partial charge in [-0.25, -0.2) is 0 Å². The van der Waals surface area contributed by atoms with E-state index in [4.69, 9.17) is 4.74 Å². The Labute approximate surface area is 123 Å². The normalized spacial score (nSPS) is 16.4. The fourth-order valence-corrected chi connectivity index (χ4v) is 2.65. The minimum atomic E-state index is 0.717. The third-order valence-electron chi connectivity index (χ3n) is 4.13. The second-order valence-electron chi connectivity index (χ2n) is 6.54. The molecule has 112 valence electrons. The Morgan fingerprint density at radius 2 is 1.95 bits per heavy atom. The van der Waals surface area contributed by atoms with Crippen molar-refractivity contribution in [1.82, 2.24) is 5.32 Å². The van der Waals surface area contributed by atoms with E-state index in [0.29, 0.717) is 5.92 Å². The molecule has 0 radical (unpaired) electrons. The van der Waals surface area contributed by atoms with Gasteiger partial charge >= 0.3 is 0 Å². The zero-order valence-corrected chi connectivity index (χ0v) is 13.2. The number of benzene rings is 1. The van der Waals surface area contributed by atoms with Crippen LogP contribution in [0.1, 0.15) is 45.1 Å². The molecule has 0 saturated heterocycles. The van der Waals surface area contributed by atoms with Crippen molar-refractivity contribution < 1.29 is 4.74 Å². The highest BCUT2D eigenvalue weighted by molar-refractivity contribution is 5.33. The molecule has 2 nitrogen and oxygen atoms in total. The predicted octanol–water partition coefficient (Wildman–Crippen LogP) is 4.04. The van der Waals surface area contributed by atoms with Gasteiger partial charge < -0.3 is 10.1 Å². The van der Waals surface area contributed by atoms with Crippen molar-refractivity contribution in [1.29, 1.82) is 0 Å². The van der Waals surface area contributed by atoms with Crippen molar-refractivity contribution in [3.05, 3.63) is 29.8 Å². The van der Waals surface area contributed by atoms with Gasteiger partial charge in [-0.1, -0.05) is 38.5 Å². The molecule has 1 N–H and O–H groups in total. The van der Waals surface area contributed by atoms with E-state index in [1.54, 1.807) is 7.11 Å². The van der Waals surface area contributed by atoms with Crippen molar-refractivity contribution in [2.45, 2.75) is 52.0 Å². The van der Waals surface area contributed by atoms with Crippen LogP contribution in [0.4, 0.5) is 0 Å². The zero-order valence-electron chi connectivity index (χ0n) is 13.2. The van der Waals surface area contributed by atoms with Gasteiger partial charge in [0.05, 0.1) is 7.11 Å². The summed E-state index contributed by atoms with van der Waals surface area (Å²) in [6, 6.07) is 9.25. The predicted molar refractivity (Wildman–Crippen MR) is 85.3 cm³/mol. The molecule has 20 heavy (non-hydrogen) atoms. The summed E-state index contributed by atoms with van der Waals surface area (Å²) in [6.07, 6.45) is 6.47. The zero-order chi connectivity index (χ0) is 14.4. The van der Waals surface area contributed by atoms with E-state index in [2.05, 4.69) is 37.4 Å². The van der Waals surface area contributed by atoms with Gasteiger partial charge in [-0.3, -0.25) is 0 Å². The van der Waals surface area contributed by atoms with Crippen LogP contribution in [-0.4, -0.2) is 19.7 Å². The lowest BCUT2D eigenvalue weighted by Crippen LogP contribution is -2.26. The molecule has 1 aliphatic rings. The Morgan fingerprint density at radius 1 is 1.20 bits per heavy atom. The number of ether oxygens (including phenoxy) is 1. The van der Waals surface area contributed by atoms with Crippen molar-refractivity contribution in [2.75, 3.05) is 13.7 Å². The smallest absolute Gasteiger partial charge is 0.122 e. The van der Waals surface area contributed by atoms with Gasteiger partial charge in [0.2, 0.25) is 0 Å². The lowest BCUT2D eigenvalue weighted by atomic mass is 9.91. The lowest BCUT2D eigenvalue weighted by molar-refractivity contribution is 0.379. The highest BCUT2D eigenvalue weighted by atomic mass is 16.5. The first-order chi connectivity index (χ1) is 9.69. The molecule has 0 aromatic heterocycles. The Kier molecular flexibility index (Phi) is 5.90. The van der Waals surface area contributed by atoms with Gasteiger partial charge in [0.1, 0.15) is 5.75 Å². The van der Waals surface area contributed by atoms with Gasteiger partial charge in [0.15, 0.2) is 0 Å². The Bertz CT molecular complexity index is 392. The fourth-order valence-electron chi connectivity index (χ4n) is 2.65. The molecular weight excluding hydrogens is 246 g/mol. The van der Waals surface area contributed by atoms with Crippen LogP contribution in [0.25, 0.3) is 0 Å². The summed E-state index contributed by atoms with van der Waals surface area (Å²) in [6.45, 7) is 5.78. The molecule has 1 aliphatic carbocycles. The molecule has 0 aliphatic heterocycles. The minimum absolute atomic E-state index is 0.717. The summed E-state index contributed by atoms with van der Waals surface area (Å²) < 4.78 is 5.49. The molecule has 2 heteroatoms. The molecule has 0 amide bonds. The molecule has 1 aromatic rings. The first kappa shape index (κ1) is 15.4. The first-order valence-corrected chi connectivity index (χ1v) is 8.04. The third kappa shape index (κ3) is 5.16. The Balaban J connectivity index is 1.93. The highest BCUT2D eigenvalue weighted by Crippen LogP contribution is 2.25. The molecule has 1 unspecified atom stereocenters. The topological polar surface area (TPSA) is 21.3 Å². The summed E-state index contributed by atoms with van der Waals surface area (Å²) in [7, 11) is 1.77. The van der Waals surface area contributed by atoms with Gasteiger partial charge in [-0.2, -0.15) is 0 Å². The molecular formula is C18H29NO. The van der Waals surface area contributed by atoms with Crippen LogP contribution in [0, 0.1) is 11.8 Å². The SMILES string of the molecule is COc1ccccc1CC(CCC(C)C)CNC1CC1.